The Labute approximate surface area is 249 Å². The molecule has 0 saturated heterocycles. The summed E-state index contributed by atoms with van der Waals surface area (Å²) >= 11 is 1.85. The fourth-order valence-electron chi connectivity index (χ4n) is 7.15. The number of para-hydroxylation sites is 3. The Balaban J connectivity index is 1.57. The maximum absolute atomic E-state index is 5.02. The summed E-state index contributed by atoms with van der Waals surface area (Å²) in [7, 11) is 0. The molecular formula is C38H22N4S. The smallest absolute Gasteiger partial charge is 0.0994 e. The van der Waals surface area contributed by atoms with E-state index in [2.05, 4.69) is 130 Å². The number of benzene rings is 6. The normalized spacial score (nSPS) is 12.2. The molecule has 200 valence electrons. The van der Waals surface area contributed by atoms with Gasteiger partial charge in [-0.2, -0.15) is 0 Å². The number of hydrogen-bond donors (Lipinski definition) is 0. The summed E-state index contributed by atoms with van der Waals surface area (Å²) in [5.74, 6) is 0. The quantitative estimate of drug-likeness (QED) is 0.209. The Morgan fingerprint density at radius 3 is 1.72 bits per heavy atom. The molecular weight excluding hydrogens is 545 g/mol. The third-order valence-electron chi connectivity index (χ3n) is 8.78. The molecule has 0 saturated carbocycles. The first-order valence-electron chi connectivity index (χ1n) is 14.4. The minimum Gasteiger partial charge on any atom is -0.307 e. The lowest BCUT2D eigenvalue weighted by molar-refractivity contribution is 1.16. The molecule has 6 aromatic carbocycles. The van der Waals surface area contributed by atoms with Gasteiger partial charge in [0, 0.05) is 59.8 Å². The molecule has 0 radical (unpaired) electrons. The number of hydrogen-bond acceptors (Lipinski definition) is 3. The lowest BCUT2D eigenvalue weighted by Gasteiger charge is -2.14. The van der Waals surface area contributed by atoms with Crippen LogP contribution < -0.4 is 0 Å². The zero-order valence-corrected chi connectivity index (χ0v) is 23.7. The molecule has 0 atom stereocenters. The molecule has 4 nitrogen and oxygen atoms in total. The summed E-state index contributed by atoms with van der Waals surface area (Å²) in [5.41, 5.74) is 8.75. The van der Waals surface area contributed by atoms with Gasteiger partial charge in [0.2, 0.25) is 0 Å². The van der Waals surface area contributed by atoms with Crippen LogP contribution in [-0.4, -0.2) is 19.1 Å². The van der Waals surface area contributed by atoms with Crippen LogP contribution in [0.15, 0.2) is 134 Å². The highest BCUT2D eigenvalue weighted by Gasteiger charge is 2.26. The van der Waals surface area contributed by atoms with Crippen molar-refractivity contribution < 1.29 is 0 Å². The lowest BCUT2D eigenvalue weighted by atomic mass is 10.1. The molecule has 4 aromatic heterocycles. The van der Waals surface area contributed by atoms with Gasteiger partial charge in [-0.05, 0) is 42.5 Å². The minimum atomic E-state index is 0.929. The van der Waals surface area contributed by atoms with E-state index in [1.54, 1.807) is 0 Å². The molecule has 0 bridgehead atoms. The van der Waals surface area contributed by atoms with E-state index in [0.717, 1.165) is 49.6 Å². The Bertz CT molecular complexity index is 2730. The van der Waals surface area contributed by atoms with Crippen LogP contribution in [-0.2, 0) is 0 Å². The molecule has 43 heavy (non-hydrogen) atoms. The predicted octanol–water partition coefficient (Wildman–Crippen LogP) is 10.2. The van der Waals surface area contributed by atoms with Crippen molar-refractivity contribution in [2.75, 3.05) is 0 Å². The number of nitrogens with zero attached hydrogens (tertiary/aromatic N) is 4. The van der Waals surface area contributed by atoms with Crippen molar-refractivity contribution >= 4 is 86.2 Å². The van der Waals surface area contributed by atoms with Crippen LogP contribution in [0.1, 0.15) is 0 Å². The Kier molecular flexibility index (Phi) is 4.57. The van der Waals surface area contributed by atoms with Gasteiger partial charge in [0.15, 0.2) is 0 Å². The molecule has 0 spiro atoms. The maximum Gasteiger partial charge on any atom is 0.0994 e. The largest absolute Gasteiger partial charge is 0.307 e. The third kappa shape index (κ3) is 2.99. The fourth-order valence-corrected chi connectivity index (χ4v) is 8.28. The molecule has 0 aliphatic carbocycles. The van der Waals surface area contributed by atoms with Crippen molar-refractivity contribution in [1.82, 2.24) is 19.1 Å². The van der Waals surface area contributed by atoms with E-state index in [1.165, 1.54) is 36.6 Å². The van der Waals surface area contributed by atoms with E-state index in [1.807, 2.05) is 23.7 Å². The van der Waals surface area contributed by atoms with Crippen LogP contribution >= 0.6 is 11.3 Å². The molecule has 0 unspecified atom stereocenters. The average molecular weight is 567 g/mol. The highest BCUT2D eigenvalue weighted by molar-refractivity contribution is 7.25. The molecule has 4 heterocycles. The van der Waals surface area contributed by atoms with Crippen LogP contribution in [0, 0.1) is 0 Å². The van der Waals surface area contributed by atoms with Crippen molar-refractivity contribution in [2.24, 2.45) is 0 Å². The van der Waals surface area contributed by atoms with Gasteiger partial charge in [0.05, 0.1) is 38.8 Å². The fraction of sp³-hybridized carbons (Fsp3) is 0. The van der Waals surface area contributed by atoms with E-state index in [9.17, 15) is 0 Å². The zero-order valence-electron chi connectivity index (χ0n) is 22.9. The summed E-state index contributed by atoms with van der Waals surface area (Å²) in [6.45, 7) is 0. The van der Waals surface area contributed by atoms with Gasteiger partial charge in [-0.15, -0.1) is 11.3 Å². The molecule has 0 fully saturated rings. The molecule has 0 aliphatic rings. The zero-order chi connectivity index (χ0) is 28.1. The SMILES string of the molecule is c1ccc(-n2c3ccccc3c3c4nccnc4c4c5ccccc5n(-c5cccc6sc7ccccc7c56)c4c32)cc1. The second kappa shape index (κ2) is 8.51. The highest BCUT2D eigenvalue weighted by Crippen LogP contribution is 2.47. The van der Waals surface area contributed by atoms with Gasteiger partial charge in [-0.25, -0.2) is 0 Å². The van der Waals surface area contributed by atoms with Gasteiger partial charge in [-0.1, -0.05) is 78.9 Å². The van der Waals surface area contributed by atoms with Crippen molar-refractivity contribution in [2.45, 2.75) is 0 Å². The standard InChI is InChI=1S/C38H22N4S/c1-2-11-23(12-3-1)41-27-16-7-4-13-24(27)33-35-36(40-22-21-39-35)34-25-14-5-8-17-28(25)42(38(34)37(33)41)29-18-10-20-31-32(29)26-15-6-9-19-30(26)43-31/h1-22H. The van der Waals surface area contributed by atoms with Gasteiger partial charge < -0.3 is 9.13 Å². The molecule has 0 N–H and O–H groups in total. The number of rotatable bonds is 2. The summed E-state index contributed by atoms with van der Waals surface area (Å²) in [5, 5.41) is 7.16. The average Bonchev–Trinajstić information content (AvgIpc) is 3.73. The van der Waals surface area contributed by atoms with Crippen LogP contribution in [0.4, 0.5) is 0 Å². The number of fused-ring (bicyclic) bond motifs is 13. The minimum absolute atomic E-state index is 0.929. The number of thiophene rings is 1. The Morgan fingerprint density at radius 1 is 0.442 bits per heavy atom. The first kappa shape index (κ1) is 23.1. The van der Waals surface area contributed by atoms with Crippen molar-refractivity contribution in [3.63, 3.8) is 0 Å². The molecule has 10 aromatic rings. The first-order chi connectivity index (χ1) is 21.4. The number of aromatic nitrogens is 4. The van der Waals surface area contributed by atoms with E-state index in [-0.39, 0.29) is 0 Å². The Morgan fingerprint density at radius 2 is 1.00 bits per heavy atom. The second-order valence-corrected chi connectivity index (χ2v) is 12.1. The third-order valence-corrected chi connectivity index (χ3v) is 9.92. The van der Waals surface area contributed by atoms with Gasteiger partial charge in [0.25, 0.3) is 0 Å². The van der Waals surface area contributed by atoms with E-state index < -0.39 is 0 Å². The predicted molar refractivity (Wildman–Crippen MR) is 181 cm³/mol. The second-order valence-electron chi connectivity index (χ2n) is 11.0. The summed E-state index contributed by atoms with van der Waals surface area (Å²) in [6, 6.07) is 43.6. The lowest BCUT2D eigenvalue weighted by Crippen LogP contribution is -2.00. The van der Waals surface area contributed by atoms with E-state index in [0.29, 0.717) is 0 Å². The van der Waals surface area contributed by atoms with Gasteiger partial charge >= 0.3 is 0 Å². The first-order valence-corrected chi connectivity index (χ1v) is 15.3. The van der Waals surface area contributed by atoms with Crippen LogP contribution in [0.3, 0.4) is 0 Å². The van der Waals surface area contributed by atoms with Crippen LogP contribution in [0.5, 0.6) is 0 Å². The monoisotopic (exact) mass is 566 g/mol. The van der Waals surface area contributed by atoms with Crippen molar-refractivity contribution in [3.8, 4) is 11.4 Å². The van der Waals surface area contributed by atoms with E-state index in [4.69, 9.17) is 9.97 Å². The molecule has 5 heteroatoms. The molecule has 10 rings (SSSR count). The summed E-state index contributed by atoms with van der Waals surface area (Å²) in [6.07, 6.45) is 3.64. The summed E-state index contributed by atoms with van der Waals surface area (Å²) < 4.78 is 7.49. The molecule has 0 aliphatic heterocycles. The topological polar surface area (TPSA) is 35.6 Å². The van der Waals surface area contributed by atoms with Crippen LogP contribution in [0.25, 0.3) is 86.2 Å². The van der Waals surface area contributed by atoms with Crippen LogP contribution in [0.2, 0.25) is 0 Å². The van der Waals surface area contributed by atoms with Gasteiger partial charge in [0.1, 0.15) is 0 Å². The van der Waals surface area contributed by atoms with E-state index >= 15 is 0 Å². The van der Waals surface area contributed by atoms with Crippen molar-refractivity contribution in [1.29, 1.82) is 0 Å². The van der Waals surface area contributed by atoms with Gasteiger partial charge in [-0.3, -0.25) is 9.97 Å². The maximum atomic E-state index is 5.02. The Hall–Kier alpha value is -5.52. The molecule has 0 amide bonds. The van der Waals surface area contributed by atoms with Crippen molar-refractivity contribution in [3.05, 3.63) is 134 Å². The highest BCUT2D eigenvalue weighted by atomic mass is 32.1. The summed E-state index contributed by atoms with van der Waals surface area (Å²) in [4.78, 5) is 10.0.